The third-order valence-corrected chi connectivity index (χ3v) is 3.11. The van der Waals surface area contributed by atoms with E-state index in [1.165, 1.54) is 6.20 Å². The molecule has 4 N–H and O–H groups in total. The van der Waals surface area contributed by atoms with Crippen LogP contribution in [0.25, 0.3) is 11.3 Å². The number of carbonyl (C=O) groups is 2. The van der Waals surface area contributed by atoms with E-state index in [2.05, 4.69) is 9.97 Å². The molecule has 1 atom stereocenters. The molecular formula is C15H15N3O4. The van der Waals surface area contributed by atoms with Crippen molar-refractivity contribution in [2.75, 3.05) is 5.73 Å². The molecule has 0 saturated carbocycles. The van der Waals surface area contributed by atoms with E-state index in [4.69, 9.17) is 15.9 Å². The van der Waals surface area contributed by atoms with Gasteiger partial charge < -0.3 is 15.9 Å². The van der Waals surface area contributed by atoms with Gasteiger partial charge in [-0.1, -0.05) is 30.3 Å². The summed E-state index contributed by atoms with van der Waals surface area (Å²) in [5, 5.41) is 17.8. The Kier molecular flexibility index (Phi) is 4.67. The first-order chi connectivity index (χ1) is 10.5. The van der Waals surface area contributed by atoms with Crippen molar-refractivity contribution in [3.8, 4) is 11.3 Å². The molecule has 0 fully saturated rings. The van der Waals surface area contributed by atoms with E-state index in [0.29, 0.717) is 11.4 Å². The smallest absolute Gasteiger partial charge is 0.307 e. The highest BCUT2D eigenvalue weighted by atomic mass is 16.4. The van der Waals surface area contributed by atoms with Gasteiger partial charge in [0.1, 0.15) is 5.82 Å². The Hall–Kier alpha value is -2.96. The maximum absolute atomic E-state index is 11.1. The molecule has 0 aliphatic carbocycles. The summed E-state index contributed by atoms with van der Waals surface area (Å²) in [7, 11) is 0. The van der Waals surface area contributed by atoms with Gasteiger partial charge in [0.15, 0.2) is 0 Å². The molecule has 0 aliphatic rings. The van der Waals surface area contributed by atoms with E-state index >= 15 is 0 Å². The summed E-state index contributed by atoms with van der Waals surface area (Å²) in [4.78, 5) is 30.1. The Balaban J connectivity index is 2.29. The highest BCUT2D eigenvalue weighted by Crippen LogP contribution is 2.23. The molecule has 0 amide bonds. The third kappa shape index (κ3) is 3.78. The van der Waals surface area contributed by atoms with Gasteiger partial charge in [0.2, 0.25) is 0 Å². The fourth-order valence-electron chi connectivity index (χ4n) is 2.03. The molecule has 2 aromatic rings. The number of nitrogens with zero attached hydrogens (tertiary/aromatic N) is 2. The van der Waals surface area contributed by atoms with Gasteiger partial charge in [-0.2, -0.15) is 0 Å². The Morgan fingerprint density at radius 3 is 2.45 bits per heavy atom. The molecule has 1 aromatic carbocycles. The second kappa shape index (κ2) is 6.66. The van der Waals surface area contributed by atoms with E-state index in [9.17, 15) is 9.59 Å². The van der Waals surface area contributed by atoms with Crippen LogP contribution in [0.2, 0.25) is 0 Å². The summed E-state index contributed by atoms with van der Waals surface area (Å²) in [5.74, 6) is -3.19. The molecular weight excluding hydrogens is 286 g/mol. The number of nitrogen functional groups attached to an aromatic ring is 1. The van der Waals surface area contributed by atoms with Gasteiger partial charge in [0, 0.05) is 12.0 Å². The minimum atomic E-state index is -1.19. The van der Waals surface area contributed by atoms with Crippen LogP contribution in [-0.2, 0) is 16.0 Å². The van der Waals surface area contributed by atoms with E-state index in [0.717, 1.165) is 5.56 Å². The molecule has 2 rings (SSSR count). The lowest BCUT2D eigenvalue weighted by molar-refractivity contribution is -0.148. The van der Waals surface area contributed by atoms with E-state index < -0.39 is 24.3 Å². The second-order valence-corrected chi connectivity index (χ2v) is 4.79. The fourth-order valence-corrected chi connectivity index (χ4v) is 2.03. The highest BCUT2D eigenvalue weighted by Gasteiger charge is 2.23. The molecule has 22 heavy (non-hydrogen) atoms. The predicted molar refractivity (Wildman–Crippen MR) is 79.0 cm³/mol. The zero-order valence-corrected chi connectivity index (χ0v) is 11.6. The maximum atomic E-state index is 11.1. The van der Waals surface area contributed by atoms with Crippen molar-refractivity contribution >= 4 is 17.6 Å². The fraction of sp³-hybridized carbons (Fsp3) is 0.200. The summed E-state index contributed by atoms with van der Waals surface area (Å²) in [6.07, 6.45) is 0.857. The first-order valence-corrected chi connectivity index (χ1v) is 6.58. The third-order valence-electron chi connectivity index (χ3n) is 3.11. The lowest BCUT2D eigenvalue weighted by Gasteiger charge is -2.11. The number of aliphatic carboxylic acids is 2. The molecule has 0 spiro atoms. The molecule has 1 heterocycles. The Morgan fingerprint density at radius 1 is 1.18 bits per heavy atom. The van der Waals surface area contributed by atoms with E-state index in [1.54, 1.807) is 0 Å². The predicted octanol–water partition coefficient (Wildman–Crippen LogP) is 1.44. The number of hydrogen-bond donors (Lipinski definition) is 3. The van der Waals surface area contributed by atoms with E-state index in [-0.39, 0.29) is 12.2 Å². The van der Waals surface area contributed by atoms with Gasteiger partial charge in [0.25, 0.3) is 0 Å². The first-order valence-electron chi connectivity index (χ1n) is 6.58. The summed E-state index contributed by atoms with van der Waals surface area (Å²) in [5.41, 5.74) is 7.52. The normalized spacial score (nSPS) is 11.8. The van der Waals surface area contributed by atoms with Crippen molar-refractivity contribution in [2.45, 2.75) is 12.8 Å². The average Bonchev–Trinajstić information content (AvgIpc) is 2.48. The largest absolute Gasteiger partial charge is 0.481 e. The van der Waals surface area contributed by atoms with Crippen LogP contribution in [0.3, 0.4) is 0 Å². The maximum Gasteiger partial charge on any atom is 0.307 e. The number of benzene rings is 1. The standard InChI is InChI=1S/C15H15N3O4/c16-11-8-17-12(6-10(15(21)22)7-13(19)20)18-14(11)9-4-2-1-3-5-9/h1-5,8,10H,6-7,16H2,(H,19,20)(H,21,22). The zero-order valence-electron chi connectivity index (χ0n) is 11.6. The Bertz CT molecular complexity index is 688. The molecule has 0 saturated heterocycles. The van der Waals surface area contributed by atoms with Crippen molar-refractivity contribution < 1.29 is 19.8 Å². The number of hydrogen-bond acceptors (Lipinski definition) is 5. The van der Waals surface area contributed by atoms with Crippen LogP contribution >= 0.6 is 0 Å². The lowest BCUT2D eigenvalue weighted by atomic mass is 10.0. The van der Waals surface area contributed by atoms with Crippen molar-refractivity contribution in [3.05, 3.63) is 42.4 Å². The van der Waals surface area contributed by atoms with Crippen molar-refractivity contribution in [2.24, 2.45) is 5.92 Å². The van der Waals surface area contributed by atoms with Crippen molar-refractivity contribution in [3.63, 3.8) is 0 Å². The summed E-state index contributed by atoms with van der Waals surface area (Å²) >= 11 is 0. The minimum Gasteiger partial charge on any atom is -0.481 e. The number of aromatic nitrogens is 2. The van der Waals surface area contributed by atoms with Gasteiger partial charge in [-0.15, -0.1) is 0 Å². The van der Waals surface area contributed by atoms with Gasteiger partial charge in [-0.05, 0) is 0 Å². The number of nitrogens with two attached hydrogens (primary N) is 1. The lowest BCUT2D eigenvalue weighted by Crippen LogP contribution is -2.21. The molecule has 1 unspecified atom stereocenters. The van der Waals surface area contributed by atoms with Gasteiger partial charge in [0.05, 0.1) is 29.9 Å². The molecule has 7 heteroatoms. The minimum absolute atomic E-state index is 0.0677. The second-order valence-electron chi connectivity index (χ2n) is 4.79. The number of carboxylic acids is 2. The van der Waals surface area contributed by atoms with Gasteiger partial charge in [-0.3, -0.25) is 9.59 Å². The number of anilines is 1. The van der Waals surface area contributed by atoms with Crippen LogP contribution in [0.15, 0.2) is 36.5 Å². The highest BCUT2D eigenvalue weighted by molar-refractivity contribution is 5.78. The Morgan fingerprint density at radius 2 is 1.86 bits per heavy atom. The van der Waals surface area contributed by atoms with Gasteiger partial charge in [-0.25, -0.2) is 9.97 Å². The molecule has 7 nitrogen and oxygen atoms in total. The monoisotopic (exact) mass is 301 g/mol. The average molecular weight is 301 g/mol. The summed E-state index contributed by atoms with van der Waals surface area (Å²) in [6, 6.07) is 9.18. The zero-order chi connectivity index (χ0) is 16.1. The molecule has 1 aromatic heterocycles. The number of rotatable bonds is 6. The van der Waals surface area contributed by atoms with Crippen molar-refractivity contribution in [1.29, 1.82) is 0 Å². The Labute approximate surface area is 126 Å². The van der Waals surface area contributed by atoms with Crippen LogP contribution < -0.4 is 5.73 Å². The summed E-state index contributed by atoms with van der Waals surface area (Å²) < 4.78 is 0. The van der Waals surface area contributed by atoms with Crippen molar-refractivity contribution in [1.82, 2.24) is 9.97 Å². The quantitative estimate of drug-likeness (QED) is 0.736. The molecule has 0 aliphatic heterocycles. The molecule has 0 radical (unpaired) electrons. The topological polar surface area (TPSA) is 126 Å². The van der Waals surface area contributed by atoms with Crippen LogP contribution in [-0.4, -0.2) is 32.1 Å². The SMILES string of the molecule is Nc1cnc(CC(CC(=O)O)C(=O)O)nc1-c1ccccc1. The van der Waals surface area contributed by atoms with Crippen LogP contribution in [0.4, 0.5) is 5.69 Å². The van der Waals surface area contributed by atoms with Crippen LogP contribution in [0.5, 0.6) is 0 Å². The van der Waals surface area contributed by atoms with Crippen LogP contribution in [0.1, 0.15) is 12.2 Å². The molecule has 0 bridgehead atoms. The summed E-state index contributed by atoms with van der Waals surface area (Å²) in [6.45, 7) is 0. The van der Waals surface area contributed by atoms with Crippen LogP contribution in [0, 0.1) is 5.92 Å². The first kappa shape index (κ1) is 15.4. The number of carboxylic acid groups (broad SMARTS) is 2. The molecule has 114 valence electrons. The van der Waals surface area contributed by atoms with Gasteiger partial charge >= 0.3 is 11.9 Å². The van der Waals surface area contributed by atoms with E-state index in [1.807, 2.05) is 30.3 Å².